The lowest BCUT2D eigenvalue weighted by Crippen LogP contribution is -2.22. The molecule has 1 heterocycles. The van der Waals surface area contributed by atoms with Crippen molar-refractivity contribution in [1.29, 1.82) is 0 Å². The molecule has 1 aliphatic carbocycles. The van der Waals surface area contributed by atoms with E-state index < -0.39 is 35.9 Å². The first-order valence-electron chi connectivity index (χ1n) is 9.13. The van der Waals surface area contributed by atoms with Gasteiger partial charge in [0.05, 0.1) is 16.3 Å². The molecule has 4 nitrogen and oxygen atoms in total. The predicted molar refractivity (Wildman–Crippen MR) is 105 cm³/mol. The maximum Gasteiger partial charge on any atom is 0.418 e. The van der Waals surface area contributed by atoms with E-state index in [4.69, 9.17) is 16.3 Å². The average Bonchev–Trinajstić information content (AvgIpc) is 3.10. The zero-order valence-corrected chi connectivity index (χ0v) is 17.1. The lowest BCUT2D eigenvalue weighted by molar-refractivity contribution is -0.137. The number of benzene rings is 1. The highest BCUT2D eigenvalue weighted by Gasteiger charge is 2.35. The number of halogens is 4. The van der Waals surface area contributed by atoms with Crippen molar-refractivity contribution in [3.63, 3.8) is 0 Å². The number of anilines is 1. The van der Waals surface area contributed by atoms with Crippen molar-refractivity contribution in [2.75, 3.05) is 11.9 Å². The summed E-state index contributed by atoms with van der Waals surface area (Å²) < 4.78 is 44.3. The molecule has 3 rings (SSSR count). The fourth-order valence-electron chi connectivity index (χ4n) is 3.31. The summed E-state index contributed by atoms with van der Waals surface area (Å²) in [7, 11) is 0. The van der Waals surface area contributed by atoms with Crippen LogP contribution in [0.2, 0.25) is 5.02 Å². The highest BCUT2D eigenvalue weighted by atomic mass is 35.5. The minimum Gasteiger partial charge on any atom is -0.451 e. The van der Waals surface area contributed by atoms with Crippen LogP contribution < -0.4 is 5.32 Å². The van der Waals surface area contributed by atoms with Crippen LogP contribution in [0.25, 0.3) is 0 Å². The van der Waals surface area contributed by atoms with Crippen LogP contribution in [0.15, 0.2) is 24.3 Å². The molecule has 0 saturated heterocycles. The van der Waals surface area contributed by atoms with Gasteiger partial charge in [-0.25, -0.2) is 4.79 Å². The summed E-state index contributed by atoms with van der Waals surface area (Å²) in [4.78, 5) is 25.9. The van der Waals surface area contributed by atoms with Crippen molar-refractivity contribution < 1.29 is 27.5 Å². The van der Waals surface area contributed by atoms with Crippen molar-refractivity contribution in [1.82, 2.24) is 0 Å². The van der Waals surface area contributed by atoms with Gasteiger partial charge in [-0.05, 0) is 48.9 Å². The van der Waals surface area contributed by atoms with E-state index in [0.717, 1.165) is 48.3 Å². The van der Waals surface area contributed by atoms with E-state index in [1.165, 1.54) is 17.4 Å². The van der Waals surface area contributed by atoms with E-state index in [9.17, 15) is 22.8 Å². The molecule has 1 aliphatic rings. The standard InChI is InChI=1S/C20H19ClF3NO3S/c1-2-11-6-7-15-12(8-11)9-16(29-15)19(27)28-10-17(26)25-18-13(20(22,23)24)4-3-5-14(18)21/h3-5,9,11H,2,6-8,10H2,1H3,(H,25,26). The molecule has 9 heteroatoms. The van der Waals surface area contributed by atoms with Gasteiger partial charge in [0.2, 0.25) is 0 Å². The third-order valence-corrected chi connectivity index (χ3v) is 6.41. The van der Waals surface area contributed by atoms with Crippen molar-refractivity contribution in [2.24, 2.45) is 5.92 Å². The summed E-state index contributed by atoms with van der Waals surface area (Å²) in [6.45, 7) is 1.43. The largest absolute Gasteiger partial charge is 0.451 e. The fraction of sp³-hybridized carbons (Fsp3) is 0.400. The first-order chi connectivity index (χ1) is 13.7. The number of rotatable bonds is 5. The molecule has 1 aromatic heterocycles. The molecule has 0 radical (unpaired) electrons. The molecular formula is C20H19ClF3NO3S. The Kier molecular flexibility index (Phi) is 6.53. The molecule has 0 fully saturated rings. The van der Waals surface area contributed by atoms with E-state index in [1.54, 1.807) is 6.07 Å². The number of aryl methyl sites for hydroxylation is 1. The molecular weight excluding hydrogens is 427 g/mol. The monoisotopic (exact) mass is 445 g/mol. The van der Waals surface area contributed by atoms with E-state index in [0.29, 0.717) is 10.8 Å². The Morgan fingerprint density at radius 3 is 2.79 bits per heavy atom. The van der Waals surface area contributed by atoms with E-state index in [2.05, 4.69) is 12.2 Å². The minimum absolute atomic E-state index is 0.254. The second-order valence-corrected chi connectivity index (χ2v) is 8.40. The third kappa shape index (κ3) is 5.11. The number of hydrogen-bond acceptors (Lipinski definition) is 4. The summed E-state index contributed by atoms with van der Waals surface area (Å²) in [6.07, 6.45) is -0.685. The Labute approximate surface area is 175 Å². The van der Waals surface area contributed by atoms with Crippen molar-refractivity contribution in [3.05, 3.63) is 50.2 Å². The number of thiophene rings is 1. The number of carbonyl (C=O) groups is 2. The van der Waals surface area contributed by atoms with Gasteiger partial charge >= 0.3 is 12.1 Å². The number of esters is 1. The number of alkyl halides is 3. The zero-order valence-electron chi connectivity index (χ0n) is 15.6. The smallest absolute Gasteiger partial charge is 0.418 e. The van der Waals surface area contributed by atoms with Crippen molar-refractivity contribution in [3.8, 4) is 0 Å². The fourth-order valence-corrected chi connectivity index (χ4v) is 4.64. The number of para-hydroxylation sites is 1. The number of hydrogen-bond donors (Lipinski definition) is 1. The van der Waals surface area contributed by atoms with Crippen LogP contribution in [0.5, 0.6) is 0 Å². The maximum absolute atomic E-state index is 13.1. The van der Waals surface area contributed by atoms with E-state index >= 15 is 0 Å². The van der Waals surface area contributed by atoms with Gasteiger partial charge in [-0.3, -0.25) is 4.79 Å². The summed E-state index contributed by atoms with van der Waals surface area (Å²) in [5.41, 5.74) is -0.489. The highest BCUT2D eigenvalue weighted by molar-refractivity contribution is 7.14. The molecule has 0 aliphatic heterocycles. The van der Waals surface area contributed by atoms with Crippen LogP contribution in [0.4, 0.5) is 18.9 Å². The van der Waals surface area contributed by atoms with Gasteiger partial charge < -0.3 is 10.1 Å². The Bertz CT molecular complexity index is 926. The van der Waals surface area contributed by atoms with Gasteiger partial charge in [-0.2, -0.15) is 13.2 Å². The molecule has 1 aromatic carbocycles. The number of ether oxygens (including phenoxy) is 1. The number of carbonyl (C=O) groups excluding carboxylic acids is 2. The second-order valence-electron chi connectivity index (χ2n) is 6.86. The predicted octanol–water partition coefficient (Wildman–Crippen LogP) is 5.73. The SMILES string of the molecule is CCC1CCc2sc(C(=O)OCC(=O)Nc3c(Cl)cccc3C(F)(F)F)cc2C1. The van der Waals surface area contributed by atoms with Crippen LogP contribution >= 0.6 is 22.9 Å². The van der Waals surface area contributed by atoms with Gasteiger partial charge in [-0.15, -0.1) is 11.3 Å². The molecule has 1 unspecified atom stereocenters. The lowest BCUT2D eigenvalue weighted by Gasteiger charge is -2.19. The minimum atomic E-state index is -4.68. The summed E-state index contributed by atoms with van der Waals surface area (Å²) >= 11 is 7.14. The van der Waals surface area contributed by atoms with E-state index in [-0.39, 0.29) is 5.02 Å². The Hall–Kier alpha value is -2.06. The van der Waals surface area contributed by atoms with Gasteiger partial charge in [-0.1, -0.05) is 31.0 Å². The van der Waals surface area contributed by atoms with Crippen LogP contribution in [0.1, 0.15) is 45.4 Å². The third-order valence-electron chi connectivity index (χ3n) is 4.88. The zero-order chi connectivity index (χ0) is 21.2. The lowest BCUT2D eigenvalue weighted by atomic mass is 9.87. The second kappa shape index (κ2) is 8.75. The summed E-state index contributed by atoms with van der Waals surface area (Å²) in [5.74, 6) is -0.961. The Morgan fingerprint density at radius 1 is 1.34 bits per heavy atom. The van der Waals surface area contributed by atoms with E-state index in [1.807, 2.05) is 0 Å². The van der Waals surface area contributed by atoms with Gasteiger partial charge in [0.1, 0.15) is 4.88 Å². The molecule has 0 saturated carbocycles. The number of nitrogens with one attached hydrogen (secondary N) is 1. The summed E-state index contributed by atoms with van der Waals surface area (Å²) in [5, 5.41) is 1.84. The number of amides is 1. The van der Waals surface area contributed by atoms with Gasteiger partial charge in [0.15, 0.2) is 6.61 Å². The quantitative estimate of drug-likeness (QED) is 0.598. The van der Waals surface area contributed by atoms with Crippen LogP contribution in [0.3, 0.4) is 0 Å². The molecule has 1 atom stereocenters. The first-order valence-corrected chi connectivity index (χ1v) is 10.3. The molecule has 1 amide bonds. The molecule has 29 heavy (non-hydrogen) atoms. The average molecular weight is 446 g/mol. The van der Waals surface area contributed by atoms with Crippen LogP contribution in [-0.4, -0.2) is 18.5 Å². The van der Waals surface area contributed by atoms with Crippen molar-refractivity contribution >= 4 is 40.5 Å². The molecule has 156 valence electrons. The first kappa shape index (κ1) is 21.6. The molecule has 1 N–H and O–H groups in total. The molecule has 0 bridgehead atoms. The van der Waals surface area contributed by atoms with Gasteiger partial charge in [0.25, 0.3) is 5.91 Å². The highest BCUT2D eigenvalue weighted by Crippen LogP contribution is 2.38. The molecule has 0 spiro atoms. The van der Waals surface area contributed by atoms with Gasteiger partial charge in [0, 0.05) is 4.88 Å². The normalized spacial score (nSPS) is 16.2. The summed E-state index contributed by atoms with van der Waals surface area (Å²) in [6, 6.07) is 4.98. The Morgan fingerprint density at radius 2 is 2.10 bits per heavy atom. The molecule has 2 aromatic rings. The number of fused-ring (bicyclic) bond motifs is 1. The van der Waals surface area contributed by atoms with Crippen molar-refractivity contribution in [2.45, 2.75) is 38.8 Å². The maximum atomic E-state index is 13.1. The van der Waals surface area contributed by atoms with Crippen LogP contribution in [0, 0.1) is 5.92 Å². The topological polar surface area (TPSA) is 55.4 Å². The Balaban J connectivity index is 1.62. The van der Waals surface area contributed by atoms with Crippen LogP contribution in [-0.2, 0) is 28.5 Å².